The molecule has 0 bridgehead atoms. The van der Waals surface area contributed by atoms with Crippen molar-refractivity contribution in [2.45, 2.75) is 96.9 Å². The average Bonchev–Trinajstić information content (AvgIpc) is 0.763. The molecule has 0 amide bonds. The first kappa shape index (κ1) is 67.5. The molecule has 104 heavy (non-hydrogen) atoms. The minimum atomic E-state index is -0.230. The van der Waals surface area contributed by atoms with Crippen LogP contribution in [0, 0.1) is 135 Å². The van der Waals surface area contributed by atoms with E-state index in [9.17, 15) is 4.39 Å². The second-order valence-electron chi connectivity index (χ2n) is 27.2. The third-order valence-electron chi connectivity index (χ3n) is 20.5. The van der Waals surface area contributed by atoms with Gasteiger partial charge in [0.25, 0.3) is 0 Å². The Morgan fingerprint density at radius 2 is 0.654 bits per heavy atom. The van der Waals surface area contributed by atoms with Gasteiger partial charge in [0.2, 0.25) is 22.8 Å². The van der Waals surface area contributed by atoms with Crippen LogP contribution in [0.5, 0.6) is 0 Å². The molecule has 0 saturated carbocycles. The number of rotatable bonds is 6. The molecule has 0 aliphatic heterocycles. The molecule has 0 fully saturated rings. The molecule has 512 valence electrons. The molecule has 4 aromatic heterocycles. The highest BCUT2D eigenvalue weighted by Crippen LogP contribution is 2.40. The molecule has 0 N–H and O–H groups in total. The van der Waals surface area contributed by atoms with Crippen LogP contribution >= 0.6 is 0 Å². The molecule has 0 radical (unpaired) electrons. The molecular formula is C94H86F2N8+4. The number of nitrogens with zero attached hydrogens (tertiary/aromatic N) is 8. The fourth-order valence-electron chi connectivity index (χ4n) is 14.2. The van der Waals surface area contributed by atoms with E-state index in [0.717, 1.165) is 117 Å². The topological polar surface area (TPSA) is 33.0 Å². The van der Waals surface area contributed by atoms with E-state index in [1.807, 2.05) is 153 Å². The molecular weight excluding hydrogens is 1280 g/mol. The molecule has 0 aliphatic carbocycles. The number of pyridine rings is 4. The lowest BCUT2D eigenvalue weighted by Gasteiger charge is -2.14. The summed E-state index contributed by atoms with van der Waals surface area (Å²) in [7, 11) is 7.82. The van der Waals surface area contributed by atoms with Crippen molar-refractivity contribution >= 4 is 65.8 Å². The first-order valence-corrected chi connectivity index (χ1v) is 34.5. The van der Waals surface area contributed by atoms with E-state index in [0.29, 0.717) is 74.6 Å². The SMILES string of the molecule is [2H]c1c(C)[n+](C)c(-c2c(C)c(C)cc(C)c2F)c2ccc([N+]#[C-])cc12.[2H]c1c(C)[n+](C)c(-c2cc(C)c(F)c(C)c2C)c2ccc([N+]#[C-])cc12.[2H]c1c(C)[n+](C)c(-c2ccc(-c3c(C)cccc3C)cc2C)c2ccc([N+]#[C-])cc12.[2H]c1c(C)[n+](C)c(-c2ccc(-c3ccccc3)cc2C)c2ccc([N+]#[C-])cc12. The quantitative estimate of drug-likeness (QED) is 0.117. The largest absolute Gasteiger partial charge is 0.238 e. The lowest BCUT2D eigenvalue weighted by Crippen LogP contribution is -2.35. The third kappa shape index (κ3) is 14.1. The van der Waals surface area contributed by atoms with Crippen LogP contribution in [0.3, 0.4) is 0 Å². The lowest BCUT2D eigenvalue weighted by atomic mass is 9.91. The second-order valence-corrected chi connectivity index (χ2v) is 27.2. The van der Waals surface area contributed by atoms with Crippen LogP contribution in [-0.4, -0.2) is 0 Å². The number of aryl methyl sites for hydroxylation is 7. The molecule has 0 aliphatic rings. The van der Waals surface area contributed by atoms with E-state index < -0.39 is 0 Å². The van der Waals surface area contributed by atoms with E-state index in [1.54, 1.807) is 45.0 Å². The van der Waals surface area contributed by atoms with Crippen LogP contribution in [0.4, 0.5) is 31.5 Å². The Balaban J connectivity index is 0.000000144. The van der Waals surface area contributed by atoms with Crippen molar-refractivity contribution in [2.75, 3.05) is 0 Å². The van der Waals surface area contributed by atoms with Crippen molar-refractivity contribution in [3.8, 4) is 67.3 Å². The summed E-state index contributed by atoms with van der Waals surface area (Å²) in [6, 6.07) is 57.4. The van der Waals surface area contributed by atoms with Gasteiger partial charge in [-0.2, -0.15) is 18.3 Å². The predicted molar refractivity (Wildman–Crippen MR) is 424 cm³/mol. The van der Waals surface area contributed by atoms with E-state index in [1.165, 1.54) is 44.5 Å². The minimum Gasteiger partial charge on any atom is -0.238 e. The van der Waals surface area contributed by atoms with Crippen molar-refractivity contribution in [3.63, 3.8) is 0 Å². The summed E-state index contributed by atoms with van der Waals surface area (Å²) in [4.78, 5) is 14.0. The van der Waals surface area contributed by atoms with Crippen molar-refractivity contribution in [3.05, 3.63) is 330 Å². The molecule has 0 spiro atoms. The predicted octanol–water partition coefficient (Wildman–Crippen LogP) is 23.5. The summed E-state index contributed by atoms with van der Waals surface area (Å²) in [5.41, 5.74) is 27.7. The van der Waals surface area contributed by atoms with Gasteiger partial charge >= 0.3 is 0 Å². The zero-order valence-corrected chi connectivity index (χ0v) is 62.5. The molecule has 0 unspecified atom stereocenters. The number of hydrogen-bond donors (Lipinski definition) is 0. The molecule has 10 aromatic carbocycles. The Morgan fingerprint density at radius 3 is 1.06 bits per heavy atom. The van der Waals surface area contributed by atoms with Crippen molar-refractivity contribution in [2.24, 2.45) is 28.2 Å². The van der Waals surface area contributed by atoms with Crippen LogP contribution in [0.15, 0.2) is 194 Å². The maximum absolute atomic E-state index is 15.1. The highest BCUT2D eigenvalue weighted by Gasteiger charge is 2.28. The van der Waals surface area contributed by atoms with E-state index in [4.69, 9.17) is 31.8 Å². The highest BCUT2D eigenvalue weighted by atomic mass is 19.1. The van der Waals surface area contributed by atoms with Crippen LogP contribution in [0.25, 0.3) is 130 Å². The van der Waals surface area contributed by atoms with Gasteiger partial charge in [0.15, 0.2) is 45.5 Å². The Hall–Kier alpha value is -12.3. The van der Waals surface area contributed by atoms with Gasteiger partial charge in [-0.05, 0) is 211 Å². The molecule has 4 heterocycles. The molecule has 0 atom stereocenters. The maximum atomic E-state index is 15.1. The normalized spacial score (nSPS) is 11.4. The first-order chi connectivity index (χ1) is 51.4. The minimum absolute atomic E-state index is 0.169. The summed E-state index contributed by atoms with van der Waals surface area (Å²) in [5, 5.41) is 6.77. The van der Waals surface area contributed by atoms with Crippen molar-refractivity contribution in [1.29, 1.82) is 0 Å². The molecule has 10 heteroatoms. The highest BCUT2D eigenvalue weighted by molar-refractivity contribution is 6.00. The summed E-state index contributed by atoms with van der Waals surface area (Å²) in [6.45, 7) is 56.6. The Kier molecular flexibility index (Phi) is 19.5. The molecule has 8 nitrogen and oxygen atoms in total. The zero-order valence-electron chi connectivity index (χ0n) is 66.5. The van der Waals surface area contributed by atoms with Crippen molar-refractivity contribution < 1.29 is 32.5 Å². The van der Waals surface area contributed by atoms with Crippen LogP contribution in [0.1, 0.15) is 83.9 Å². The van der Waals surface area contributed by atoms with Gasteiger partial charge < -0.3 is 0 Å². The summed E-state index contributed by atoms with van der Waals surface area (Å²) < 4.78 is 71.4. The number of aromatic nitrogens is 4. The number of halogens is 2. The Labute approximate surface area is 617 Å². The third-order valence-corrected chi connectivity index (χ3v) is 20.5. The number of hydrogen-bond acceptors (Lipinski definition) is 0. The van der Waals surface area contributed by atoms with Gasteiger partial charge in [-0.1, -0.05) is 127 Å². The fraction of sp³-hybridized carbons (Fsp3) is 0.191. The number of benzene rings is 10. The van der Waals surface area contributed by atoms with Gasteiger partial charge in [0.1, 0.15) is 39.8 Å². The van der Waals surface area contributed by atoms with Crippen LogP contribution in [-0.2, 0) is 28.2 Å². The molecule has 14 rings (SSSR count). The summed E-state index contributed by atoms with van der Waals surface area (Å²) >= 11 is 0. The lowest BCUT2D eigenvalue weighted by molar-refractivity contribution is -0.665. The van der Waals surface area contributed by atoms with E-state index in [2.05, 4.69) is 135 Å². The van der Waals surface area contributed by atoms with E-state index >= 15 is 4.39 Å². The van der Waals surface area contributed by atoms with Gasteiger partial charge in [0, 0.05) is 63.0 Å². The summed E-state index contributed by atoms with van der Waals surface area (Å²) in [6.07, 6.45) is 0. The van der Waals surface area contributed by atoms with Gasteiger partial charge in [0.05, 0.1) is 64.4 Å². The average molecular weight is 1370 g/mol. The standard InChI is InChI=1S/C27H25N2.C25H21N2.2C21H20FN2/c1-17-8-7-9-18(2)26(17)21-10-12-24(19(3)14-21)27-25-13-11-23(28-5)16-22(25)15-20(4)29(27)6;1-17-14-20(19-8-6-5-7-9-19)10-12-23(17)25-24-13-11-22(26-3)16-21(24)15-18(2)27(25)4;1-12-9-19(14(3)15(4)20(12)22)21-18-8-7-17(23-5)11-16(18)10-13(2)24(21)6;1-12-9-13(2)20(22)19(15(12)4)21-18-8-7-17(23-5)11-16(18)10-14(3)24(21)6/h7-16H,1-4,6H3;5-16H,1-2,4H3;2*7-11H,1-4,6H3/q4*+1/i2*15D;2*10D. The van der Waals surface area contributed by atoms with E-state index in [-0.39, 0.29) is 11.6 Å². The van der Waals surface area contributed by atoms with Gasteiger partial charge in [-0.15, -0.1) is 0 Å². The monoisotopic (exact) mass is 1370 g/mol. The maximum Gasteiger partial charge on any atom is 0.223 e. The van der Waals surface area contributed by atoms with Crippen LogP contribution in [0.2, 0.25) is 0 Å². The number of fused-ring (bicyclic) bond motifs is 4. The smallest absolute Gasteiger partial charge is 0.223 e. The fourth-order valence-corrected chi connectivity index (χ4v) is 14.2. The Morgan fingerprint density at radius 1 is 0.288 bits per heavy atom. The molecule has 14 aromatic rings. The molecule has 0 saturated heterocycles. The zero-order chi connectivity index (χ0) is 78.3. The Bertz CT molecular complexity index is 6240. The summed E-state index contributed by atoms with van der Waals surface area (Å²) in [5.74, 6) is -0.399. The first-order valence-electron chi connectivity index (χ1n) is 36.5. The second kappa shape index (κ2) is 30.1. The van der Waals surface area contributed by atoms with Gasteiger partial charge in [-0.3, -0.25) is 0 Å². The van der Waals surface area contributed by atoms with Gasteiger partial charge in [-0.25, -0.2) is 28.2 Å². The van der Waals surface area contributed by atoms with Crippen molar-refractivity contribution in [1.82, 2.24) is 0 Å². The van der Waals surface area contributed by atoms with Crippen LogP contribution < -0.4 is 18.3 Å².